The minimum absolute atomic E-state index is 0.390. The Morgan fingerprint density at radius 2 is 1.90 bits per heavy atom. The summed E-state index contributed by atoms with van der Waals surface area (Å²) in [5, 5.41) is 10.3. The predicted molar refractivity (Wildman–Crippen MR) is 83.5 cm³/mol. The Hall–Kier alpha value is -0.910. The average Bonchev–Trinajstić information content (AvgIpc) is 2.39. The average molecular weight is 404 g/mol. The lowest BCUT2D eigenvalue weighted by Crippen LogP contribution is -2.01. The molecule has 0 aliphatic rings. The van der Waals surface area contributed by atoms with Gasteiger partial charge in [0.2, 0.25) is 0 Å². The molecule has 20 heavy (non-hydrogen) atoms. The summed E-state index contributed by atoms with van der Waals surface area (Å²) in [4.78, 5) is 0. The van der Waals surface area contributed by atoms with Crippen molar-refractivity contribution in [1.29, 1.82) is 0 Å². The summed E-state index contributed by atoms with van der Waals surface area (Å²) in [6.45, 7) is 2.47. The van der Waals surface area contributed by atoms with E-state index in [1.807, 2.05) is 6.92 Å². The molecular formula is C15H13Br2FO2. The van der Waals surface area contributed by atoms with Gasteiger partial charge in [-0.1, -0.05) is 22.0 Å². The Morgan fingerprint density at radius 1 is 1.15 bits per heavy atom. The van der Waals surface area contributed by atoms with Gasteiger partial charge in [-0.3, -0.25) is 0 Å². The molecule has 0 radical (unpaired) electrons. The van der Waals surface area contributed by atoms with Crippen LogP contribution in [0.4, 0.5) is 4.39 Å². The second-order valence-electron chi connectivity index (χ2n) is 4.23. The smallest absolute Gasteiger partial charge is 0.133 e. The normalized spacial score (nSPS) is 12.2. The van der Waals surface area contributed by atoms with Gasteiger partial charge in [-0.05, 0) is 64.3 Å². The van der Waals surface area contributed by atoms with E-state index in [0.29, 0.717) is 28.0 Å². The van der Waals surface area contributed by atoms with E-state index in [0.717, 1.165) is 4.47 Å². The third-order valence-corrected chi connectivity index (χ3v) is 3.85. The van der Waals surface area contributed by atoms with Gasteiger partial charge in [-0.25, -0.2) is 4.39 Å². The van der Waals surface area contributed by atoms with Crippen molar-refractivity contribution in [2.75, 3.05) is 6.61 Å². The van der Waals surface area contributed by atoms with Gasteiger partial charge in [0.15, 0.2) is 0 Å². The van der Waals surface area contributed by atoms with Gasteiger partial charge >= 0.3 is 0 Å². The van der Waals surface area contributed by atoms with E-state index in [9.17, 15) is 9.50 Å². The van der Waals surface area contributed by atoms with E-state index in [1.54, 1.807) is 24.3 Å². The first-order valence-electron chi connectivity index (χ1n) is 6.07. The molecule has 2 aromatic rings. The molecule has 2 rings (SSSR count). The molecule has 1 unspecified atom stereocenters. The van der Waals surface area contributed by atoms with Crippen LogP contribution < -0.4 is 4.74 Å². The summed E-state index contributed by atoms with van der Waals surface area (Å²) in [7, 11) is 0. The summed E-state index contributed by atoms with van der Waals surface area (Å²) in [6.07, 6.45) is -0.894. The fraction of sp³-hybridized carbons (Fsp3) is 0.200. The highest BCUT2D eigenvalue weighted by molar-refractivity contribution is 9.10. The van der Waals surface area contributed by atoms with Crippen LogP contribution in [0, 0.1) is 5.82 Å². The lowest BCUT2D eigenvalue weighted by Gasteiger charge is -2.14. The van der Waals surface area contributed by atoms with E-state index in [1.165, 1.54) is 12.1 Å². The Morgan fingerprint density at radius 3 is 2.50 bits per heavy atom. The van der Waals surface area contributed by atoms with Crippen LogP contribution in [0.5, 0.6) is 5.75 Å². The van der Waals surface area contributed by atoms with Crippen LogP contribution in [0.25, 0.3) is 0 Å². The molecule has 106 valence electrons. The molecule has 5 heteroatoms. The number of aliphatic hydroxyl groups excluding tert-OH is 1. The standard InChI is InChI=1S/C15H13Br2FO2/c1-2-20-14-4-3-9(7-13(14)17)15(19)10-5-11(16)8-12(18)6-10/h3-8,15,19H,2H2,1H3. The van der Waals surface area contributed by atoms with Crippen molar-refractivity contribution in [1.82, 2.24) is 0 Å². The fourth-order valence-electron chi connectivity index (χ4n) is 1.89. The summed E-state index contributed by atoms with van der Waals surface area (Å²) < 4.78 is 20.1. The second-order valence-corrected chi connectivity index (χ2v) is 6.00. The molecule has 0 aliphatic carbocycles. The SMILES string of the molecule is CCOc1ccc(C(O)c2cc(F)cc(Br)c2)cc1Br. The Balaban J connectivity index is 2.33. The lowest BCUT2D eigenvalue weighted by molar-refractivity contribution is 0.219. The number of hydrogen-bond donors (Lipinski definition) is 1. The molecule has 0 aromatic heterocycles. The van der Waals surface area contributed by atoms with Crippen LogP contribution in [0.15, 0.2) is 45.3 Å². The van der Waals surface area contributed by atoms with Crippen molar-refractivity contribution in [3.63, 3.8) is 0 Å². The van der Waals surface area contributed by atoms with E-state index in [4.69, 9.17) is 4.74 Å². The molecule has 0 amide bonds. The summed E-state index contributed by atoms with van der Waals surface area (Å²) in [5.74, 6) is 0.322. The van der Waals surface area contributed by atoms with Crippen LogP contribution in [-0.2, 0) is 0 Å². The maximum absolute atomic E-state index is 13.4. The van der Waals surface area contributed by atoms with Crippen molar-refractivity contribution in [2.24, 2.45) is 0 Å². The van der Waals surface area contributed by atoms with Gasteiger partial charge < -0.3 is 9.84 Å². The van der Waals surface area contributed by atoms with Crippen molar-refractivity contribution in [3.05, 3.63) is 62.3 Å². The van der Waals surface area contributed by atoms with Crippen molar-refractivity contribution < 1.29 is 14.2 Å². The highest BCUT2D eigenvalue weighted by atomic mass is 79.9. The molecule has 1 N–H and O–H groups in total. The van der Waals surface area contributed by atoms with Gasteiger partial charge in [0.25, 0.3) is 0 Å². The quantitative estimate of drug-likeness (QED) is 0.791. The maximum atomic E-state index is 13.4. The number of aliphatic hydroxyl groups is 1. The Labute approximate surface area is 133 Å². The molecule has 1 atom stereocenters. The highest BCUT2D eigenvalue weighted by Crippen LogP contribution is 2.31. The van der Waals surface area contributed by atoms with Crippen LogP contribution in [0.2, 0.25) is 0 Å². The molecule has 2 aromatic carbocycles. The first-order chi connectivity index (χ1) is 9.51. The van der Waals surface area contributed by atoms with Crippen molar-refractivity contribution in [3.8, 4) is 5.75 Å². The van der Waals surface area contributed by atoms with E-state index in [-0.39, 0.29) is 0 Å². The molecule has 2 nitrogen and oxygen atoms in total. The molecular weight excluding hydrogens is 391 g/mol. The number of rotatable bonds is 4. The second kappa shape index (κ2) is 6.70. The van der Waals surface area contributed by atoms with Crippen LogP contribution in [0.1, 0.15) is 24.2 Å². The number of benzene rings is 2. The van der Waals surface area contributed by atoms with Gasteiger partial charge in [0, 0.05) is 4.47 Å². The molecule has 0 heterocycles. The summed E-state index contributed by atoms with van der Waals surface area (Å²) >= 11 is 6.62. The van der Waals surface area contributed by atoms with Crippen LogP contribution in [0.3, 0.4) is 0 Å². The largest absolute Gasteiger partial charge is 0.493 e. The third kappa shape index (κ3) is 3.59. The van der Waals surface area contributed by atoms with E-state index >= 15 is 0 Å². The molecule has 0 saturated heterocycles. The summed E-state index contributed by atoms with van der Waals surface area (Å²) in [5.41, 5.74) is 1.16. The maximum Gasteiger partial charge on any atom is 0.133 e. The molecule has 0 aliphatic heterocycles. The molecule has 0 spiro atoms. The zero-order chi connectivity index (χ0) is 14.7. The fourth-order valence-corrected chi connectivity index (χ4v) is 2.88. The van der Waals surface area contributed by atoms with Gasteiger partial charge in [0.05, 0.1) is 11.1 Å². The minimum Gasteiger partial charge on any atom is -0.493 e. The topological polar surface area (TPSA) is 29.5 Å². The summed E-state index contributed by atoms with van der Waals surface area (Å²) in [6, 6.07) is 9.68. The zero-order valence-corrected chi connectivity index (χ0v) is 13.9. The monoisotopic (exact) mass is 402 g/mol. The number of hydrogen-bond acceptors (Lipinski definition) is 2. The van der Waals surface area contributed by atoms with Crippen LogP contribution >= 0.6 is 31.9 Å². The Kier molecular flexibility index (Phi) is 5.18. The minimum atomic E-state index is -0.894. The van der Waals surface area contributed by atoms with Crippen molar-refractivity contribution in [2.45, 2.75) is 13.0 Å². The first-order valence-corrected chi connectivity index (χ1v) is 7.66. The lowest BCUT2D eigenvalue weighted by atomic mass is 10.0. The molecule has 0 bridgehead atoms. The highest BCUT2D eigenvalue weighted by Gasteiger charge is 2.14. The molecule has 0 fully saturated rings. The van der Waals surface area contributed by atoms with Crippen molar-refractivity contribution >= 4 is 31.9 Å². The Bertz CT molecular complexity index is 597. The molecule has 0 saturated carbocycles. The third-order valence-electron chi connectivity index (χ3n) is 2.77. The first kappa shape index (κ1) is 15.5. The van der Waals surface area contributed by atoms with E-state index < -0.39 is 11.9 Å². The van der Waals surface area contributed by atoms with Crippen LogP contribution in [-0.4, -0.2) is 11.7 Å². The predicted octanol–water partition coefficient (Wildman–Crippen LogP) is 4.83. The number of ether oxygens (including phenoxy) is 1. The number of halogens is 3. The van der Waals surface area contributed by atoms with Gasteiger partial charge in [-0.2, -0.15) is 0 Å². The zero-order valence-electron chi connectivity index (χ0n) is 10.7. The van der Waals surface area contributed by atoms with Gasteiger partial charge in [0.1, 0.15) is 17.7 Å². The van der Waals surface area contributed by atoms with E-state index in [2.05, 4.69) is 31.9 Å². The van der Waals surface area contributed by atoms with Gasteiger partial charge in [-0.15, -0.1) is 0 Å².